The van der Waals surface area contributed by atoms with Crippen molar-refractivity contribution in [2.24, 2.45) is 0 Å². The average molecular weight is 223 g/mol. The number of hydrogen-bond donors (Lipinski definition) is 2. The molecule has 0 fully saturated rings. The molecule has 5 nitrogen and oxygen atoms in total. The second kappa shape index (κ2) is 4.24. The first-order valence-corrected chi connectivity index (χ1v) is 5.32. The number of anilines is 1. The topological polar surface area (TPSA) is 67.2 Å². The predicted molar refractivity (Wildman–Crippen MR) is 58.0 cm³/mol. The van der Waals surface area contributed by atoms with E-state index in [1.807, 2.05) is 22.9 Å². The molecule has 0 aliphatic carbocycles. The Labute approximate surface area is 89.2 Å². The van der Waals surface area contributed by atoms with E-state index in [9.17, 15) is 4.21 Å². The molecule has 15 heavy (non-hydrogen) atoms. The third kappa shape index (κ3) is 2.42. The summed E-state index contributed by atoms with van der Waals surface area (Å²) >= 11 is -2.03. The van der Waals surface area contributed by atoms with Crippen molar-refractivity contribution < 1.29 is 8.76 Å². The van der Waals surface area contributed by atoms with E-state index in [4.69, 9.17) is 4.55 Å². The summed E-state index contributed by atoms with van der Waals surface area (Å²) in [6.45, 7) is 0. The molecule has 0 aliphatic rings. The number of nitrogens with zero attached hydrogens (tertiary/aromatic N) is 2. The molecule has 0 saturated carbocycles. The lowest BCUT2D eigenvalue weighted by Gasteiger charge is -2.04. The molecular weight excluding hydrogens is 214 g/mol. The van der Waals surface area contributed by atoms with Crippen LogP contribution in [0.3, 0.4) is 0 Å². The fraction of sp³-hybridized carbons (Fsp3) is 0. The van der Waals surface area contributed by atoms with Gasteiger partial charge in [-0.05, 0) is 24.3 Å². The monoisotopic (exact) mass is 223 g/mol. The smallest absolute Gasteiger partial charge is 0.259 e. The standard InChI is InChI=1S/C9H9N3O2S/c13-15(14)11-8-1-3-9(4-2-8)12-6-5-10-7-12/h1-7,11H,(H,13,14). The Kier molecular flexibility index (Phi) is 2.79. The summed E-state index contributed by atoms with van der Waals surface area (Å²) in [5.74, 6) is 0. The number of hydrogen-bond acceptors (Lipinski definition) is 2. The predicted octanol–water partition coefficient (Wildman–Crippen LogP) is 1.42. The minimum Gasteiger partial charge on any atom is -0.306 e. The highest BCUT2D eigenvalue weighted by Crippen LogP contribution is 2.12. The van der Waals surface area contributed by atoms with Gasteiger partial charge in [0.2, 0.25) is 0 Å². The Bertz CT molecular complexity index is 453. The zero-order chi connectivity index (χ0) is 10.7. The fourth-order valence-corrected chi connectivity index (χ4v) is 1.55. The first-order valence-electron chi connectivity index (χ1n) is 4.21. The number of benzene rings is 1. The maximum Gasteiger partial charge on any atom is 0.259 e. The molecule has 78 valence electrons. The molecule has 0 saturated heterocycles. The van der Waals surface area contributed by atoms with Crippen LogP contribution in [0.1, 0.15) is 0 Å². The number of imidazole rings is 1. The first kappa shape index (κ1) is 9.88. The fourth-order valence-electron chi connectivity index (χ4n) is 1.21. The van der Waals surface area contributed by atoms with Gasteiger partial charge in [0.15, 0.2) is 0 Å². The van der Waals surface area contributed by atoms with Crippen molar-refractivity contribution in [2.75, 3.05) is 4.72 Å². The van der Waals surface area contributed by atoms with Crippen molar-refractivity contribution in [3.63, 3.8) is 0 Å². The lowest BCUT2D eigenvalue weighted by Crippen LogP contribution is -2.01. The first-order chi connectivity index (χ1) is 7.25. The van der Waals surface area contributed by atoms with Crippen LogP contribution >= 0.6 is 0 Å². The Morgan fingerprint density at radius 2 is 2.07 bits per heavy atom. The third-order valence-corrected chi connectivity index (χ3v) is 2.29. The summed E-state index contributed by atoms with van der Waals surface area (Å²) in [7, 11) is 0. The van der Waals surface area contributed by atoms with Gasteiger partial charge < -0.3 is 4.57 Å². The summed E-state index contributed by atoms with van der Waals surface area (Å²) in [6, 6.07) is 7.11. The molecule has 1 unspecified atom stereocenters. The Morgan fingerprint density at radius 3 is 2.60 bits per heavy atom. The van der Waals surface area contributed by atoms with Crippen molar-refractivity contribution in [1.82, 2.24) is 9.55 Å². The molecule has 1 heterocycles. The largest absolute Gasteiger partial charge is 0.306 e. The zero-order valence-electron chi connectivity index (χ0n) is 7.70. The SMILES string of the molecule is O=S(O)Nc1ccc(-n2ccnc2)cc1. The number of aromatic nitrogens is 2. The van der Waals surface area contributed by atoms with Crippen LogP contribution in [0.5, 0.6) is 0 Å². The van der Waals surface area contributed by atoms with Gasteiger partial charge in [-0.2, -0.15) is 0 Å². The van der Waals surface area contributed by atoms with Crippen LogP contribution in [0.25, 0.3) is 5.69 Å². The maximum atomic E-state index is 10.5. The Morgan fingerprint density at radius 1 is 1.33 bits per heavy atom. The van der Waals surface area contributed by atoms with Gasteiger partial charge in [0.25, 0.3) is 11.3 Å². The molecule has 1 atom stereocenters. The van der Waals surface area contributed by atoms with Crippen molar-refractivity contribution in [2.45, 2.75) is 0 Å². The van der Waals surface area contributed by atoms with E-state index < -0.39 is 11.3 Å². The molecule has 0 bridgehead atoms. The van der Waals surface area contributed by atoms with E-state index in [1.165, 1.54) is 0 Å². The van der Waals surface area contributed by atoms with Gasteiger partial charge in [-0.25, -0.2) is 9.19 Å². The molecule has 0 spiro atoms. The molecule has 0 amide bonds. The van der Waals surface area contributed by atoms with Gasteiger partial charge in [-0.15, -0.1) is 0 Å². The maximum absolute atomic E-state index is 10.5. The summed E-state index contributed by atoms with van der Waals surface area (Å²) in [5, 5.41) is 0. The van der Waals surface area contributed by atoms with Crippen molar-refractivity contribution in [3.05, 3.63) is 43.0 Å². The molecule has 0 radical (unpaired) electrons. The lowest BCUT2D eigenvalue weighted by atomic mass is 10.3. The second-order valence-electron chi connectivity index (χ2n) is 2.87. The van der Waals surface area contributed by atoms with E-state index in [0.717, 1.165) is 5.69 Å². The van der Waals surface area contributed by atoms with Crippen LogP contribution in [0.2, 0.25) is 0 Å². The molecule has 1 aromatic heterocycles. The van der Waals surface area contributed by atoms with E-state index >= 15 is 0 Å². The van der Waals surface area contributed by atoms with Crippen molar-refractivity contribution in [1.29, 1.82) is 0 Å². The third-order valence-electron chi connectivity index (χ3n) is 1.88. The van der Waals surface area contributed by atoms with Crippen molar-refractivity contribution >= 4 is 17.0 Å². The van der Waals surface area contributed by atoms with Gasteiger partial charge in [0.05, 0.1) is 6.33 Å². The highest BCUT2D eigenvalue weighted by Gasteiger charge is 1.97. The number of nitrogens with one attached hydrogen (secondary N) is 1. The van der Waals surface area contributed by atoms with Crippen LogP contribution in [0.4, 0.5) is 5.69 Å². The van der Waals surface area contributed by atoms with Crippen LogP contribution in [0, 0.1) is 0 Å². The van der Waals surface area contributed by atoms with E-state index in [0.29, 0.717) is 5.69 Å². The summed E-state index contributed by atoms with van der Waals surface area (Å²) < 4.78 is 23.3. The quantitative estimate of drug-likeness (QED) is 0.773. The second-order valence-corrected chi connectivity index (χ2v) is 3.57. The highest BCUT2D eigenvalue weighted by molar-refractivity contribution is 7.80. The van der Waals surface area contributed by atoms with Gasteiger partial charge in [-0.3, -0.25) is 9.27 Å². The van der Waals surface area contributed by atoms with Gasteiger partial charge >= 0.3 is 0 Å². The van der Waals surface area contributed by atoms with Gasteiger partial charge in [0, 0.05) is 23.8 Å². The summed E-state index contributed by atoms with van der Waals surface area (Å²) in [4.78, 5) is 3.93. The molecule has 2 aromatic rings. The minimum atomic E-state index is -2.03. The van der Waals surface area contributed by atoms with Crippen LogP contribution in [-0.4, -0.2) is 18.3 Å². The van der Waals surface area contributed by atoms with Crippen LogP contribution in [0.15, 0.2) is 43.0 Å². The van der Waals surface area contributed by atoms with E-state index in [1.54, 1.807) is 24.7 Å². The highest BCUT2D eigenvalue weighted by atomic mass is 32.2. The van der Waals surface area contributed by atoms with E-state index in [-0.39, 0.29) is 0 Å². The molecular formula is C9H9N3O2S. The summed E-state index contributed by atoms with van der Waals surface area (Å²) in [6.07, 6.45) is 5.20. The molecule has 1 aromatic carbocycles. The van der Waals surface area contributed by atoms with Crippen molar-refractivity contribution in [3.8, 4) is 5.69 Å². The molecule has 2 rings (SSSR count). The number of rotatable bonds is 3. The zero-order valence-corrected chi connectivity index (χ0v) is 8.52. The minimum absolute atomic E-state index is 0.597. The molecule has 0 aliphatic heterocycles. The Balaban J connectivity index is 2.21. The molecule has 6 heteroatoms. The molecule has 2 N–H and O–H groups in total. The Hall–Kier alpha value is -1.66. The van der Waals surface area contributed by atoms with E-state index in [2.05, 4.69) is 9.71 Å². The van der Waals surface area contributed by atoms with Crippen LogP contribution in [-0.2, 0) is 11.3 Å². The van der Waals surface area contributed by atoms with Crippen LogP contribution < -0.4 is 4.72 Å². The lowest BCUT2D eigenvalue weighted by molar-refractivity contribution is 0.570. The normalized spacial score (nSPS) is 12.3. The van der Waals surface area contributed by atoms with Gasteiger partial charge in [0.1, 0.15) is 0 Å². The summed E-state index contributed by atoms with van der Waals surface area (Å²) in [5.41, 5.74) is 1.54. The average Bonchev–Trinajstić information content (AvgIpc) is 2.71. The van der Waals surface area contributed by atoms with Gasteiger partial charge in [-0.1, -0.05) is 0 Å².